The van der Waals surface area contributed by atoms with E-state index in [2.05, 4.69) is 5.32 Å². The molecule has 2 N–H and O–H groups in total. The molecule has 0 bridgehead atoms. The molecule has 0 rings (SSSR count). The van der Waals surface area contributed by atoms with Gasteiger partial charge in [0.2, 0.25) is 5.91 Å². The van der Waals surface area contributed by atoms with Gasteiger partial charge in [-0.1, -0.05) is 20.8 Å². The van der Waals surface area contributed by atoms with Crippen LogP contribution >= 0.6 is 0 Å². The van der Waals surface area contributed by atoms with Crippen LogP contribution in [0, 0.1) is 5.41 Å². The first-order valence-corrected chi connectivity index (χ1v) is 6.17. The molecule has 0 saturated heterocycles. The summed E-state index contributed by atoms with van der Waals surface area (Å²) in [6, 6.07) is 0. The van der Waals surface area contributed by atoms with Crippen molar-refractivity contribution in [2.75, 3.05) is 0 Å². The average Bonchev–Trinajstić information content (AvgIpc) is 2.01. The van der Waals surface area contributed by atoms with Crippen LogP contribution in [0.5, 0.6) is 0 Å². The minimum absolute atomic E-state index is 0.396. The van der Waals surface area contributed by atoms with Gasteiger partial charge in [-0.05, 0) is 20.3 Å². The van der Waals surface area contributed by atoms with Gasteiger partial charge in [-0.25, -0.2) is 0 Å². The minimum Gasteiger partial charge on any atom is -0.335 e. The van der Waals surface area contributed by atoms with E-state index in [-0.39, 0.29) is 0 Å². The molecule has 90 valence electrons. The molecule has 0 aliphatic rings. The van der Waals surface area contributed by atoms with Crippen molar-refractivity contribution in [2.45, 2.75) is 45.9 Å². The lowest BCUT2D eigenvalue weighted by atomic mass is 9.89. The highest BCUT2D eigenvalue weighted by Gasteiger charge is 2.38. The summed E-state index contributed by atoms with van der Waals surface area (Å²) in [5.74, 6) is -0.396. The highest BCUT2D eigenvalue weighted by molar-refractivity contribution is 7.87. The van der Waals surface area contributed by atoms with E-state index in [4.69, 9.17) is 4.55 Å². The molecule has 0 atom stereocenters. The second kappa shape index (κ2) is 4.09. The van der Waals surface area contributed by atoms with Crippen LogP contribution in [-0.4, -0.2) is 23.7 Å². The predicted molar refractivity (Wildman–Crippen MR) is 57.8 cm³/mol. The fourth-order valence-corrected chi connectivity index (χ4v) is 0.889. The smallest absolute Gasteiger partial charge is 0.288 e. The Kier molecular flexibility index (Phi) is 3.93. The molecule has 0 aliphatic carbocycles. The maximum Gasteiger partial charge on any atom is 0.288 e. The van der Waals surface area contributed by atoms with Crippen LogP contribution in [-0.2, 0) is 14.9 Å². The van der Waals surface area contributed by atoms with Crippen molar-refractivity contribution in [1.82, 2.24) is 5.32 Å². The Morgan fingerprint density at radius 3 is 1.93 bits per heavy atom. The molecule has 0 aromatic carbocycles. The molecular formula is C9H19NO4S. The zero-order valence-electron chi connectivity index (χ0n) is 9.79. The lowest BCUT2D eigenvalue weighted by Gasteiger charge is -2.29. The van der Waals surface area contributed by atoms with Gasteiger partial charge < -0.3 is 5.32 Å². The number of carbonyl (C=O) groups excluding carboxylic acids is 1. The summed E-state index contributed by atoms with van der Waals surface area (Å²) in [6.07, 6.45) is 0.584. The summed E-state index contributed by atoms with van der Waals surface area (Å²) >= 11 is 0. The molecule has 0 aromatic heterocycles. The topological polar surface area (TPSA) is 83.5 Å². The van der Waals surface area contributed by atoms with Crippen LogP contribution in [0.4, 0.5) is 0 Å². The molecule has 15 heavy (non-hydrogen) atoms. The van der Waals surface area contributed by atoms with Crippen LogP contribution in [0.25, 0.3) is 0 Å². The molecule has 0 saturated carbocycles. The largest absolute Gasteiger partial charge is 0.335 e. The van der Waals surface area contributed by atoms with E-state index < -0.39 is 26.3 Å². The molecular weight excluding hydrogens is 218 g/mol. The molecule has 1 amide bonds. The summed E-state index contributed by atoms with van der Waals surface area (Å²) in [5, 5.41) is 2.31. The molecule has 0 radical (unpaired) electrons. The van der Waals surface area contributed by atoms with Gasteiger partial charge in [-0.2, -0.15) is 8.42 Å². The van der Waals surface area contributed by atoms with Crippen LogP contribution in [0.3, 0.4) is 0 Å². The third-order valence-electron chi connectivity index (χ3n) is 2.56. The lowest BCUT2D eigenvalue weighted by molar-refractivity contribution is -0.130. The standard InChI is InChI=1S/C9H19NO4S/c1-6-8(2,3)7(11)10-9(4,5)15(12,13)14/h6H2,1-5H3,(H,10,11)(H,12,13,14). The first-order valence-electron chi connectivity index (χ1n) is 4.73. The first kappa shape index (κ1) is 14.4. The molecule has 0 fully saturated rings. The van der Waals surface area contributed by atoms with Crippen molar-refractivity contribution >= 4 is 16.0 Å². The highest BCUT2D eigenvalue weighted by Crippen LogP contribution is 2.22. The van der Waals surface area contributed by atoms with Gasteiger partial charge in [-0.15, -0.1) is 0 Å². The van der Waals surface area contributed by atoms with Crippen LogP contribution < -0.4 is 5.32 Å². The second-order valence-electron chi connectivity index (χ2n) is 4.68. The van der Waals surface area contributed by atoms with E-state index in [9.17, 15) is 13.2 Å². The van der Waals surface area contributed by atoms with E-state index in [0.717, 1.165) is 0 Å². The molecule has 5 nitrogen and oxygen atoms in total. The SMILES string of the molecule is CCC(C)(C)C(=O)NC(C)(C)S(=O)(=O)O. The summed E-state index contributed by atoms with van der Waals surface area (Å²) in [5.41, 5.74) is -0.651. The van der Waals surface area contributed by atoms with Crippen molar-refractivity contribution in [2.24, 2.45) is 5.41 Å². The lowest BCUT2D eigenvalue weighted by Crippen LogP contribution is -2.53. The van der Waals surface area contributed by atoms with Crippen LogP contribution in [0.2, 0.25) is 0 Å². The Morgan fingerprint density at radius 2 is 1.67 bits per heavy atom. The quantitative estimate of drug-likeness (QED) is 0.719. The van der Waals surface area contributed by atoms with Crippen molar-refractivity contribution < 1.29 is 17.8 Å². The molecule has 6 heteroatoms. The fraction of sp³-hybridized carbons (Fsp3) is 0.889. The van der Waals surface area contributed by atoms with E-state index >= 15 is 0 Å². The Balaban J connectivity index is 4.85. The second-order valence-corrected chi connectivity index (χ2v) is 6.65. The van der Waals surface area contributed by atoms with Crippen LogP contribution in [0.1, 0.15) is 41.0 Å². The van der Waals surface area contributed by atoms with Crippen molar-refractivity contribution in [3.63, 3.8) is 0 Å². The normalized spacial score (nSPS) is 13.7. The number of hydrogen-bond acceptors (Lipinski definition) is 3. The Bertz CT molecular complexity index is 343. The third kappa shape index (κ3) is 3.46. The van der Waals surface area contributed by atoms with Crippen molar-refractivity contribution in [1.29, 1.82) is 0 Å². The van der Waals surface area contributed by atoms with Gasteiger partial charge in [0.05, 0.1) is 0 Å². The molecule has 0 aliphatic heterocycles. The highest BCUT2D eigenvalue weighted by atomic mass is 32.2. The molecule has 0 spiro atoms. The van der Waals surface area contributed by atoms with E-state index in [1.165, 1.54) is 13.8 Å². The maximum absolute atomic E-state index is 11.7. The number of amides is 1. The molecule has 0 aromatic rings. The van der Waals surface area contributed by atoms with Crippen molar-refractivity contribution in [3.05, 3.63) is 0 Å². The van der Waals surface area contributed by atoms with Gasteiger partial charge in [-0.3, -0.25) is 9.35 Å². The number of hydrogen-bond donors (Lipinski definition) is 2. The fourth-order valence-electron chi connectivity index (χ4n) is 0.668. The molecule has 0 unspecified atom stereocenters. The van der Waals surface area contributed by atoms with E-state index in [0.29, 0.717) is 6.42 Å². The summed E-state index contributed by atoms with van der Waals surface area (Å²) in [7, 11) is -4.30. The van der Waals surface area contributed by atoms with Crippen LogP contribution in [0.15, 0.2) is 0 Å². The maximum atomic E-state index is 11.7. The van der Waals surface area contributed by atoms with E-state index in [1.807, 2.05) is 6.92 Å². The summed E-state index contributed by atoms with van der Waals surface area (Å²) in [6.45, 7) is 7.74. The third-order valence-corrected chi connectivity index (χ3v) is 3.95. The zero-order valence-corrected chi connectivity index (χ0v) is 10.6. The minimum atomic E-state index is -4.30. The van der Waals surface area contributed by atoms with E-state index in [1.54, 1.807) is 13.8 Å². The van der Waals surface area contributed by atoms with Gasteiger partial charge in [0.15, 0.2) is 4.87 Å². The van der Waals surface area contributed by atoms with Gasteiger partial charge in [0, 0.05) is 5.41 Å². The molecule has 0 heterocycles. The summed E-state index contributed by atoms with van der Waals surface area (Å²) < 4.78 is 30.8. The Morgan fingerprint density at radius 1 is 1.27 bits per heavy atom. The average molecular weight is 237 g/mol. The number of rotatable bonds is 4. The predicted octanol–water partition coefficient (Wildman–Crippen LogP) is 1.16. The number of carbonyl (C=O) groups is 1. The Hall–Kier alpha value is -0.620. The Labute approximate surface area is 91.0 Å². The van der Waals surface area contributed by atoms with Gasteiger partial charge >= 0.3 is 0 Å². The van der Waals surface area contributed by atoms with Gasteiger partial charge in [0.1, 0.15) is 0 Å². The first-order chi connectivity index (χ1) is 6.44. The number of nitrogens with one attached hydrogen (secondary N) is 1. The zero-order chi connectivity index (χ0) is 12.5. The summed E-state index contributed by atoms with van der Waals surface area (Å²) in [4.78, 5) is 10.0. The van der Waals surface area contributed by atoms with Crippen molar-refractivity contribution in [3.8, 4) is 0 Å². The monoisotopic (exact) mass is 237 g/mol. The van der Waals surface area contributed by atoms with Gasteiger partial charge in [0.25, 0.3) is 10.1 Å².